The summed E-state index contributed by atoms with van der Waals surface area (Å²) < 4.78 is 0. The van der Waals surface area contributed by atoms with Gasteiger partial charge in [-0.3, -0.25) is 4.79 Å². The van der Waals surface area contributed by atoms with Gasteiger partial charge >= 0.3 is 5.97 Å². The number of carboxylic acid groups (broad SMARTS) is 1. The molecular weight excluding hydrogens is 284 g/mol. The maximum absolute atomic E-state index is 12.1. The number of rotatable bonds is 4. The predicted octanol–water partition coefficient (Wildman–Crippen LogP) is 1.06. The summed E-state index contributed by atoms with van der Waals surface area (Å²) in [6, 6.07) is 6.85. The molecule has 2 rings (SSSR count). The summed E-state index contributed by atoms with van der Waals surface area (Å²) in [5, 5.41) is 20.7. The smallest absolute Gasteiger partial charge is 0.328 e. The summed E-state index contributed by atoms with van der Waals surface area (Å²) in [7, 11) is 0. The number of nitrogens with one attached hydrogen (secondary N) is 1. The molecule has 1 amide bonds. The lowest BCUT2D eigenvalue weighted by Gasteiger charge is -2.13. The number of carboxylic acids is 1. The highest BCUT2D eigenvalue weighted by Crippen LogP contribution is 2.20. The molecule has 1 aromatic carbocycles. The number of aliphatic hydroxyl groups excluding tert-OH is 1. The zero-order valence-electron chi connectivity index (χ0n) is 10.2. The number of nitrogens with zero attached hydrogens (tertiary/aromatic N) is 1. The van der Waals surface area contributed by atoms with Gasteiger partial charge in [-0.2, -0.15) is 0 Å². The molecule has 104 valence electrons. The van der Waals surface area contributed by atoms with Crippen LogP contribution in [0.15, 0.2) is 30.3 Å². The molecule has 0 radical (unpaired) electrons. The number of halogens is 1. The average molecular weight is 295 g/mol. The number of amides is 1. The van der Waals surface area contributed by atoms with E-state index >= 15 is 0 Å². The minimum atomic E-state index is -1.37. The second-order valence-electron chi connectivity index (χ2n) is 4.06. The second kappa shape index (κ2) is 5.85. The van der Waals surface area contributed by atoms with Crippen LogP contribution in [0.3, 0.4) is 0 Å². The van der Waals surface area contributed by atoms with E-state index in [0.29, 0.717) is 10.9 Å². The first-order chi connectivity index (χ1) is 9.52. The molecular formula is C13H11ClN2O4. The third-order valence-electron chi connectivity index (χ3n) is 2.72. The van der Waals surface area contributed by atoms with Crippen LogP contribution in [-0.4, -0.2) is 39.7 Å². The quantitative estimate of drug-likeness (QED) is 0.732. The summed E-state index contributed by atoms with van der Waals surface area (Å²) in [4.78, 5) is 27.0. The monoisotopic (exact) mass is 294 g/mol. The summed E-state index contributed by atoms with van der Waals surface area (Å²) in [6.07, 6.45) is 0. The molecule has 0 aliphatic rings. The number of carbonyl (C=O) groups excluding carboxylic acids is 1. The molecule has 0 fully saturated rings. The first-order valence-corrected chi connectivity index (χ1v) is 6.10. The Morgan fingerprint density at radius 1 is 1.35 bits per heavy atom. The Morgan fingerprint density at radius 3 is 2.70 bits per heavy atom. The van der Waals surface area contributed by atoms with Gasteiger partial charge in [-0.15, -0.1) is 0 Å². The topological polar surface area (TPSA) is 99.5 Å². The van der Waals surface area contributed by atoms with E-state index in [4.69, 9.17) is 21.8 Å². The summed E-state index contributed by atoms with van der Waals surface area (Å²) in [6.45, 7) is -0.697. The molecule has 0 spiro atoms. The fourth-order valence-electron chi connectivity index (χ4n) is 1.75. The Labute approximate surface area is 119 Å². The van der Waals surface area contributed by atoms with Gasteiger partial charge in [0, 0.05) is 5.39 Å². The highest BCUT2D eigenvalue weighted by molar-refractivity contribution is 6.30. The molecule has 1 heterocycles. The minimum absolute atomic E-state index is 0.129. The van der Waals surface area contributed by atoms with E-state index in [2.05, 4.69) is 10.3 Å². The average Bonchev–Trinajstić information content (AvgIpc) is 2.43. The number of hydrogen-bond donors (Lipinski definition) is 3. The first kappa shape index (κ1) is 14.2. The van der Waals surface area contributed by atoms with Crippen molar-refractivity contribution in [2.24, 2.45) is 0 Å². The summed E-state index contributed by atoms with van der Waals surface area (Å²) in [5.41, 5.74) is 0.737. The Morgan fingerprint density at radius 2 is 2.05 bits per heavy atom. The van der Waals surface area contributed by atoms with Gasteiger partial charge < -0.3 is 15.5 Å². The fraction of sp³-hybridized carbons (Fsp3) is 0.154. The van der Waals surface area contributed by atoms with Gasteiger partial charge in [0.25, 0.3) is 5.91 Å². The normalized spacial score (nSPS) is 12.1. The van der Waals surface area contributed by atoms with Crippen LogP contribution >= 0.6 is 11.6 Å². The molecule has 0 saturated heterocycles. The van der Waals surface area contributed by atoms with Gasteiger partial charge in [-0.1, -0.05) is 29.8 Å². The van der Waals surface area contributed by atoms with Crippen LogP contribution in [-0.2, 0) is 4.79 Å². The van der Waals surface area contributed by atoms with Gasteiger partial charge in [-0.25, -0.2) is 9.78 Å². The van der Waals surface area contributed by atoms with Gasteiger partial charge in [0.05, 0.1) is 17.7 Å². The van der Waals surface area contributed by atoms with Crippen molar-refractivity contribution in [1.82, 2.24) is 10.3 Å². The molecule has 7 heteroatoms. The molecule has 2 aromatic rings. The predicted molar refractivity (Wildman–Crippen MR) is 72.7 cm³/mol. The zero-order valence-corrected chi connectivity index (χ0v) is 11.0. The van der Waals surface area contributed by atoms with Gasteiger partial charge in [0.1, 0.15) is 5.15 Å². The van der Waals surface area contributed by atoms with Crippen LogP contribution in [0.2, 0.25) is 5.15 Å². The molecule has 1 atom stereocenters. The third-order valence-corrected chi connectivity index (χ3v) is 2.91. The van der Waals surface area contributed by atoms with Gasteiger partial charge in [-0.05, 0) is 12.1 Å². The molecule has 0 bridgehead atoms. The molecule has 3 N–H and O–H groups in total. The standard InChI is InChI=1S/C13H11ClN2O4/c14-11-5-8(7-3-1-2-4-9(7)15-11)12(18)16-10(6-17)13(19)20/h1-5,10,17H,6H2,(H,16,18)(H,19,20)/t10-/m0/s1. The number of carbonyl (C=O) groups is 2. The Balaban J connectivity index is 2.41. The Hall–Kier alpha value is -2.18. The number of benzene rings is 1. The number of aromatic nitrogens is 1. The third kappa shape index (κ3) is 2.87. The number of aliphatic hydroxyl groups is 1. The zero-order chi connectivity index (χ0) is 14.7. The summed E-state index contributed by atoms with van der Waals surface area (Å²) in [5.74, 6) is -1.95. The van der Waals surface area contributed by atoms with Crippen LogP contribution in [0.1, 0.15) is 10.4 Å². The van der Waals surface area contributed by atoms with E-state index in [0.717, 1.165) is 0 Å². The van der Waals surface area contributed by atoms with Crippen LogP contribution in [0.25, 0.3) is 10.9 Å². The van der Waals surface area contributed by atoms with Crippen molar-refractivity contribution in [3.05, 3.63) is 41.0 Å². The van der Waals surface area contributed by atoms with Crippen molar-refractivity contribution in [2.75, 3.05) is 6.61 Å². The Bertz CT molecular complexity index is 674. The van der Waals surface area contributed by atoms with Crippen LogP contribution < -0.4 is 5.32 Å². The number of hydrogen-bond acceptors (Lipinski definition) is 4. The maximum Gasteiger partial charge on any atom is 0.328 e. The molecule has 0 saturated carbocycles. The lowest BCUT2D eigenvalue weighted by atomic mass is 10.1. The SMILES string of the molecule is O=C(N[C@@H](CO)C(=O)O)c1cc(Cl)nc2ccccc12. The fourth-order valence-corrected chi connectivity index (χ4v) is 1.95. The highest BCUT2D eigenvalue weighted by Gasteiger charge is 2.21. The van der Waals surface area contributed by atoms with Crippen LogP contribution in [0.5, 0.6) is 0 Å². The van der Waals surface area contributed by atoms with E-state index in [-0.39, 0.29) is 10.7 Å². The first-order valence-electron chi connectivity index (χ1n) is 5.72. The Kier molecular flexibility index (Phi) is 4.16. The molecule has 0 unspecified atom stereocenters. The highest BCUT2D eigenvalue weighted by atomic mass is 35.5. The lowest BCUT2D eigenvalue weighted by molar-refractivity contribution is -0.140. The second-order valence-corrected chi connectivity index (χ2v) is 4.44. The van der Waals surface area contributed by atoms with E-state index in [9.17, 15) is 9.59 Å². The molecule has 0 aliphatic carbocycles. The number of pyridine rings is 1. The van der Waals surface area contributed by atoms with Gasteiger partial charge in [0.2, 0.25) is 0 Å². The van der Waals surface area contributed by atoms with Crippen molar-refractivity contribution >= 4 is 34.4 Å². The number of aliphatic carboxylic acids is 1. The van der Waals surface area contributed by atoms with Crippen LogP contribution in [0.4, 0.5) is 0 Å². The summed E-state index contributed by atoms with van der Waals surface area (Å²) >= 11 is 5.84. The molecule has 0 aliphatic heterocycles. The van der Waals surface area contributed by atoms with E-state index in [1.165, 1.54) is 6.07 Å². The largest absolute Gasteiger partial charge is 0.480 e. The maximum atomic E-state index is 12.1. The van der Waals surface area contributed by atoms with Crippen molar-refractivity contribution in [2.45, 2.75) is 6.04 Å². The van der Waals surface area contributed by atoms with E-state index < -0.39 is 24.5 Å². The molecule has 6 nitrogen and oxygen atoms in total. The van der Waals surface area contributed by atoms with Crippen molar-refractivity contribution in [1.29, 1.82) is 0 Å². The van der Waals surface area contributed by atoms with E-state index in [1.54, 1.807) is 24.3 Å². The lowest BCUT2D eigenvalue weighted by Crippen LogP contribution is -2.43. The molecule has 1 aromatic heterocycles. The number of para-hydroxylation sites is 1. The van der Waals surface area contributed by atoms with Crippen molar-refractivity contribution < 1.29 is 19.8 Å². The van der Waals surface area contributed by atoms with Crippen LogP contribution in [0, 0.1) is 0 Å². The van der Waals surface area contributed by atoms with Crippen molar-refractivity contribution in [3.63, 3.8) is 0 Å². The van der Waals surface area contributed by atoms with Crippen molar-refractivity contribution in [3.8, 4) is 0 Å². The number of fused-ring (bicyclic) bond motifs is 1. The van der Waals surface area contributed by atoms with E-state index in [1.807, 2.05) is 0 Å². The van der Waals surface area contributed by atoms with Gasteiger partial charge in [0.15, 0.2) is 6.04 Å². The molecule has 20 heavy (non-hydrogen) atoms. The minimum Gasteiger partial charge on any atom is -0.480 e.